The molecule has 1 aliphatic rings. The third-order valence-electron chi connectivity index (χ3n) is 5.18. The monoisotopic (exact) mass is 427 g/mol. The second-order valence-corrected chi connectivity index (χ2v) is 9.27. The number of benzene rings is 2. The zero-order valence-corrected chi connectivity index (χ0v) is 18.0. The van der Waals surface area contributed by atoms with Crippen LogP contribution in [0.3, 0.4) is 0 Å². The van der Waals surface area contributed by atoms with E-state index < -0.39 is 10.0 Å². The van der Waals surface area contributed by atoms with Gasteiger partial charge in [0, 0.05) is 25.2 Å². The van der Waals surface area contributed by atoms with E-state index in [1.165, 1.54) is 68.3 Å². The van der Waals surface area contributed by atoms with Crippen LogP contribution in [0.5, 0.6) is 0 Å². The maximum Gasteiger partial charge on any atom is 0.251 e. The normalized spacial score (nSPS) is 14.9. The van der Waals surface area contributed by atoms with Gasteiger partial charge in [-0.2, -0.15) is 0 Å². The minimum absolute atomic E-state index is 0.116. The Bertz CT molecular complexity index is 948. The first-order valence-electron chi connectivity index (χ1n) is 10.3. The number of amides is 1. The van der Waals surface area contributed by atoms with Crippen molar-refractivity contribution in [1.29, 1.82) is 0 Å². The highest BCUT2D eigenvalue weighted by Crippen LogP contribution is 2.14. The fourth-order valence-electron chi connectivity index (χ4n) is 3.46. The lowest BCUT2D eigenvalue weighted by molar-refractivity contribution is 0.0951. The summed E-state index contributed by atoms with van der Waals surface area (Å²) in [6, 6.07) is 14.2. The molecule has 2 aromatic rings. The van der Waals surface area contributed by atoms with E-state index in [9.17, 15) is 13.2 Å². The summed E-state index contributed by atoms with van der Waals surface area (Å²) in [6.07, 6.45) is 5.37. The highest BCUT2D eigenvalue weighted by atomic mass is 32.2. The van der Waals surface area contributed by atoms with Crippen LogP contribution in [0.1, 0.15) is 40.7 Å². The van der Waals surface area contributed by atoms with Gasteiger partial charge in [-0.15, -0.1) is 6.58 Å². The zero-order valence-electron chi connectivity index (χ0n) is 17.1. The number of piperidine rings is 1. The van der Waals surface area contributed by atoms with Gasteiger partial charge < -0.3 is 5.32 Å². The summed E-state index contributed by atoms with van der Waals surface area (Å²) < 4.78 is 26.5. The maximum absolute atomic E-state index is 12.4. The van der Waals surface area contributed by atoms with Crippen molar-refractivity contribution in [2.24, 2.45) is 0 Å². The molecule has 1 saturated heterocycles. The number of likely N-dealkylation sites (tertiary alicyclic amines) is 1. The Balaban J connectivity index is 1.51. The van der Waals surface area contributed by atoms with Crippen LogP contribution in [0.2, 0.25) is 0 Å². The fourth-order valence-corrected chi connectivity index (χ4v) is 4.46. The predicted octanol–water partition coefficient (Wildman–Crippen LogP) is 3.07. The van der Waals surface area contributed by atoms with Crippen LogP contribution in [-0.4, -0.2) is 38.9 Å². The number of carbonyl (C=O) groups is 1. The third kappa shape index (κ3) is 6.26. The molecule has 0 radical (unpaired) electrons. The Hall–Kier alpha value is -2.48. The number of nitrogens with zero attached hydrogens (tertiary/aromatic N) is 1. The van der Waals surface area contributed by atoms with Crippen LogP contribution >= 0.6 is 0 Å². The number of hydrogen-bond acceptors (Lipinski definition) is 4. The van der Waals surface area contributed by atoms with E-state index >= 15 is 0 Å². The third-order valence-corrected chi connectivity index (χ3v) is 6.61. The zero-order chi connectivity index (χ0) is 21.4. The van der Waals surface area contributed by atoms with Gasteiger partial charge in [0.2, 0.25) is 10.0 Å². The molecule has 0 aromatic heterocycles. The number of carbonyl (C=O) groups excluding carboxylic acids is 1. The lowest BCUT2D eigenvalue weighted by atomic mass is 10.1. The fraction of sp³-hybridized carbons (Fsp3) is 0.348. The van der Waals surface area contributed by atoms with E-state index in [1.807, 2.05) is 12.1 Å². The van der Waals surface area contributed by atoms with Crippen molar-refractivity contribution in [2.75, 3.05) is 19.6 Å². The van der Waals surface area contributed by atoms with E-state index in [2.05, 4.69) is 33.7 Å². The summed E-state index contributed by atoms with van der Waals surface area (Å²) >= 11 is 0. The molecule has 1 heterocycles. The summed E-state index contributed by atoms with van der Waals surface area (Å²) in [6.45, 7) is 7.38. The molecule has 1 amide bonds. The SMILES string of the molecule is C=CCNS(=O)(=O)c1ccc(C(=O)NCc2ccc(CN3CCCCC3)cc2)cc1. The number of nitrogens with one attached hydrogen (secondary N) is 2. The maximum atomic E-state index is 12.4. The molecule has 0 saturated carbocycles. The molecular formula is C23H29N3O3S. The second-order valence-electron chi connectivity index (χ2n) is 7.50. The lowest BCUT2D eigenvalue weighted by Crippen LogP contribution is -2.29. The largest absolute Gasteiger partial charge is 0.348 e. The Labute approximate surface area is 179 Å². The number of sulfonamides is 1. The molecule has 1 fully saturated rings. The van der Waals surface area contributed by atoms with Crippen LogP contribution in [-0.2, 0) is 23.1 Å². The van der Waals surface area contributed by atoms with Gasteiger partial charge in [-0.1, -0.05) is 36.8 Å². The van der Waals surface area contributed by atoms with Crippen molar-refractivity contribution >= 4 is 15.9 Å². The summed E-state index contributed by atoms with van der Waals surface area (Å²) in [7, 11) is -3.59. The molecule has 0 bridgehead atoms. The molecule has 0 atom stereocenters. The van der Waals surface area contributed by atoms with Crippen molar-refractivity contribution in [3.8, 4) is 0 Å². The molecular weight excluding hydrogens is 398 g/mol. The van der Waals surface area contributed by atoms with E-state index in [4.69, 9.17) is 0 Å². The first-order chi connectivity index (χ1) is 14.5. The Kier molecular flexibility index (Phi) is 7.79. The van der Waals surface area contributed by atoms with Crippen LogP contribution in [0.4, 0.5) is 0 Å². The average molecular weight is 428 g/mol. The van der Waals surface area contributed by atoms with Crippen molar-refractivity contribution in [3.05, 3.63) is 77.9 Å². The quantitative estimate of drug-likeness (QED) is 0.603. The molecule has 0 spiro atoms. The van der Waals surface area contributed by atoms with Crippen molar-refractivity contribution in [1.82, 2.24) is 14.9 Å². The van der Waals surface area contributed by atoms with E-state index in [0.29, 0.717) is 12.1 Å². The van der Waals surface area contributed by atoms with Gasteiger partial charge in [0.15, 0.2) is 0 Å². The summed E-state index contributed by atoms with van der Waals surface area (Å²) in [4.78, 5) is 15.0. The number of hydrogen-bond donors (Lipinski definition) is 2. The summed E-state index contributed by atoms with van der Waals surface area (Å²) in [5.74, 6) is -0.240. The number of rotatable bonds is 9. The molecule has 30 heavy (non-hydrogen) atoms. The van der Waals surface area contributed by atoms with Crippen LogP contribution in [0.15, 0.2) is 66.1 Å². The Morgan fingerprint density at radius 1 is 0.967 bits per heavy atom. The van der Waals surface area contributed by atoms with Gasteiger partial charge in [-0.05, 0) is 61.3 Å². The average Bonchev–Trinajstić information content (AvgIpc) is 2.78. The van der Waals surface area contributed by atoms with Crippen LogP contribution in [0, 0.1) is 0 Å². The lowest BCUT2D eigenvalue weighted by Gasteiger charge is -2.26. The molecule has 2 aromatic carbocycles. The van der Waals surface area contributed by atoms with Gasteiger partial charge in [-0.3, -0.25) is 9.69 Å². The first kappa shape index (κ1) is 22.2. The molecule has 6 nitrogen and oxygen atoms in total. The van der Waals surface area contributed by atoms with Crippen molar-refractivity contribution < 1.29 is 13.2 Å². The first-order valence-corrected chi connectivity index (χ1v) is 11.8. The van der Waals surface area contributed by atoms with Gasteiger partial charge in [0.05, 0.1) is 4.90 Å². The van der Waals surface area contributed by atoms with Gasteiger partial charge >= 0.3 is 0 Å². The molecule has 3 rings (SSSR count). The van der Waals surface area contributed by atoms with E-state index in [0.717, 1.165) is 12.1 Å². The molecule has 0 unspecified atom stereocenters. The second kappa shape index (κ2) is 10.5. The highest BCUT2D eigenvalue weighted by Gasteiger charge is 2.14. The van der Waals surface area contributed by atoms with Crippen molar-refractivity contribution in [3.63, 3.8) is 0 Å². The standard InChI is InChI=1S/C23H29N3O3S/c1-2-14-25-30(28,29)22-12-10-21(11-13-22)23(27)24-17-19-6-8-20(9-7-19)18-26-15-4-3-5-16-26/h2,6-13,25H,1,3-5,14-18H2,(H,24,27). The van der Waals surface area contributed by atoms with E-state index in [-0.39, 0.29) is 17.3 Å². The van der Waals surface area contributed by atoms with Crippen molar-refractivity contribution in [2.45, 2.75) is 37.2 Å². The topological polar surface area (TPSA) is 78.5 Å². The van der Waals surface area contributed by atoms with Crippen LogP contribution < -0.4 is 10.0 Å². The van der Waals surface area contributed by atoms with Gasteiger partial charge in [0.25, 0.3) is 5.91 Å². The molecule has 2 N–H and O–H groups in total. The minimum Gasteiger partial charge on any atom is -0.348 e. The minimum atomic E-state index is -3.59. The summed E-state index contributed by atoms with van der Waals surface area (Å²) in [5.41, 5.74) is 2.73. The van der Waals surface area contributed by atoms with Gasteiger partial charge in [0.1, 0.15) is 0 Å². The van der Waals surface area contributed by atoms with E-state index in [1.54, 1.807) is 0 Å². The van der Waals surface area contributed by atoms with Gasteiger partial charge in [-0.25, -0.2) is 13.1 Å². The summed E-state index contributed by atoms with van der Waals surface area (Å²) in [5, 5.41) is 2.88. The highest BCUT2D eigenvalue weighted by molar-refractivity contribution is 7.89. The molecule has 160 valence electrons. The Morgan fingerprint density at radius 2 is 1.60 bits per heavy atom. The smallest absolute Gasteiger partial charge is 0.251 e. The van der Waals surface area contributed by atoms with Crippen LogP contribution in [0.25, 0.3) is 0 Å². The molecule has 7 heteroatoms. The molecule has 0 aliphatic carbocycles. The predicted molar refractivity (Wildman–Crippen MR) is 119 cm³/mol. The molecule has 1 aliphatic heterocycles. The Morgan fingerprint density at radius 3 is 2.23 bits per heavy atom.